The molecule has 0 aliphatic heterocycles. The van der Waals surface area contributed by atoms with E-state index in [1.807, 2.05) is 35.8 Å². The molecule has 1 aliphatic rings. The quantitative estimate of drug-likeness (QED) is 0.185. The van der Waals surface area contributed by atoms with Gasteiger partial charge in [0.15, 0.2) is 11.5 Å². The minimum absolute atomic E-state index is 0.0792. The Hall–Kier alpha value is -3.99. The average Bonchev–Trinajstić information content (AvgIpc) is 3.30. The minimum Gasteiger partial charge on any atom is -0.475 e. The zero-order valence-electron chi connectivity index (χ0n) is 24.7. The summed E-state index contributed by atoms with van der Waals surface area (Å²) in [7, 11) is 2.09. The molecule has 0 bridgehead atoms. The highest BCUT2D eigenvalue weighted by molar-refractivity contribution is 5.92. The van der Waals surface area contributed by atoms with Gasteiger partial charge in [0.25, 0.3) is 0 Å². The van der Waals surface area contributed by atoms with Gasteiger partial charge in [-0.05, 0) is 82.4 Å². The number of imidazole rings is 1. The number of carboxylic acids is 1. The van der Waals surface area contributed by atoms with Gasteiger partial charge >= 0.3 is 12.1 Å². The number of nitrogens with one attached hydrogen (secondary N) is 1. The normalized spacial score (nSPS) is 14.7. The molecule has 1 fully saturated rings. The lowest BCUT2D eigenvalue weighted by Crippen LogP contribution is -2.35. The Balaban J connectivity index is 1.62. The third kappa shape index (κ3) is 6.98. The third-order valence-electron chi connectivity index (χ3n) is 8.33. The van der Waals surface area contributed by atoms with Crippen LogP contribution in [0.4, 0.5) is 19.0 Å². The topological polar surface area (TPSA) is 96.2 Å². The maximum Gasteiger partial charge on any atom is 0.416 e. The van der Waals surface area contributed by atoms with Crippen molar-refractivity contribution in [2.75, 3.05) is 25.5 Å². The van der Waals surface area contributed by atoms with Crippen molar-refractivity contribution in [1.82, 2.24) is 24.4 Å². The van der Waals surface area contributed by atoms with Crippen molar-refractivity contribution in [2.45, 2.75) is 64.7 Å². The van der Waals surface area contributed by atoms with Crippen molar-refractivity contribution in [3.05, 3.63) is 71.0 Å². The number of nitrogens with zero attached hydrogens (tertiary/aromatic N) is 5. The van der Waals surface area contributed by atoms with Gasteiger partial charge in [-0.25, -0.2) is 19.7 Å². The number of aromatic nitrogens is 4. The number of aromatic carboxylic acids is 1. The minimum atomic E-state index is -4.44. The second-order valence-electron chi connectivity index (χ2n) is 11.4. The largest absolute Gasteiger partial charge is 0.475 e. The van der Waals surface area contributed by atoms with Gasteiger partial charge in [0.1, 0.15) is 11.3 Å². The molecule has 2 aromatic heterocycles. The Morgan fingerprint density at radius 1 is 1.14 bits per heavy atom. The zero-order valence-corrected chi connectivity index (χ0v) is 24.7. The molecule has 1 saturated carbocycles. The summed E-state index contributed by atoms with van der Waals surface area (Å²) in [4.78, 5) is 27.9. The molecule has 11 heteroatoms. The van der Waals surface area contributed by atoms with Crippen molar-refractivity contribution in [1.29, 1.82) is 0 Å². The predicted octanol–water partition coefficient (Wildman–Crippen LogP) is 6.88. The summed E-state index contributed by atoms with van der Waals surface area (Å²) in [5, 5.41) is 13.5. The van der Waals surface area contributed by atoms with Crippen LogP contribution in [0.5, 0.6) is 0 Å². The third-order valence-corrected chi connectivity index (χ3v) is 8.33. The van der Waals surface area contributed by atoms with Crippen LogP contribution >= 0.6 is 0 Å². The van der Waals surface area contributed by atoms with Gasteiger partial charge in [0, 0.05) is 18.2 Å². The summed E-state index contributed by atoms with van der Waals surface area (Å²) in [6, 6.07) is 12.8. The number of alkyl halides is 3. The van der Waals surface area contributed by atoms with Gasteiger partial charge in [-0.3, -0.25) is 0 Å². The number of benzene rings is 2. The lowest BCUT2D eigenvalue weighted by atomic mass is 9.78. The summed E-state index contributed by atoms with van der Waals surface area (Å²) in [6.07, 6.45) is 0.744. The number of carbonyl (C=O) groups is 1. The molecule has 2 heterocycles. The van der Waals surface area contributed by atoms with E-state index in [1.165, 1.54) is 12.1 Å². The highest BCUT2D eigenvalue weighted by Crippen LogP contribution is 2.36. The van der Waals surface area contributed by atoms with Crippen molar-refractivity contribution in [3.8, 4) is 11.4 Å². The first-order valence-corrected chi connectivity index (χ1v) is 14.7. The fraction of sp³-hybridized carbons (Fsp3) is 0.438. The van der Waals surface area contributed by atoms with Crippen molar-refractivity contribution in [3.63, 3.8) is 0 Å². The van der Waals surface area contributed by atoms with Crippen LogP contribution in [-0.2, 0) is 12.7 Å². The molecule has 4 aromatic rings. The van der Waals surface area contributed by atoms with Crippen LogP contribution in [0.25, 0.3) is 22.6 Å². The molecule has 2 aromatic carbocycles. The molecule has 0 radical (unpaired) electrons. The smallest absolute Gasteiger partial charge is 0.416 e. The highest BCUT2D eigenvalue weighted by Gasteiger charge is 2.31. The van der Waals surface area contributed by atoms with Gasteiger partial charge in [0.05, 0.1) is 5.56 Å². The van der Waals surface area contributed by atoms with E-state index in [2.05, 4.69) is 34.2 Å². The van der Waals surface area contributed by atoms with Gasteiger partial charge in [-0.15, -0.1) is 0 Å². The van der Waals surface area contributed by atoms with Gasteiger partial charge < -0.3 is 19.9 Å². The lowest BCUT2D eigenvalue weighted by molar-refractivity contribution is -0.137. The fourth-order valence-electron chi connectivity index (χ4n) is 5.56. The molecule has 8 nitrogen and oxygen atoms in total. The molecule has 1 unspecified atom stereocenters. The van der Waals surface area contributed by atoms with Crippen LogP contribution in [0.2, 0.25) is 0 Å². The lowest BCUT2D eigenvalue weighted by Gasteiger charge is -2.35. The second-order valence-corrected chi connectivity index (χ2v) is 11.4. The molecule has 0 amide bonds. The molecular formula is C32H37F3N6O2. The Morgan fingerprint density at radius 3 is 2.49 bits per heavy atom. The summed E-state index contributed by atoms with van der Waals surface area (Å²) >= 11 is 0. The summed E-state index contributed by atoms with van der Waals surface area (Å²) in [6.45, 7) is 6.18. The van der Waals surface area contributed by atoms with Gasteiger partial charge in [-0.2, -0.15) is 13.2 Å². The van der Waals surface area contributed by atoms with E-state index in [1.54, 1.807) is 0 Å². The maximum absolute atomic E-state index is 13.3. The van der Waals surface area contributed by atoms with Crippen molar-refractivity contribution >= 4 is 23.0 Å². The molecule has 1 aliphatic carbocycles. The summed E-state index contributed by atoms with van der Waals surface area (Å²) in [5.41, 5.74) is 2.44. The molecule has 2 N–H and O–H groups in total. The number of anilines is 1. The number of hydrogen-bond donors (Lipinski definition) is 2. The van der Waals surface area contributed by atoms with E-state index in [0.29, 0.717) is 28.6 Å². The SMILES string of the molecule is CCN(C)CCCC(Nc1nc(C(=O)O)nc2nc(-c3cccc(C)c3)n(Cc3ccc(C(F)(F)F)cc3)c12)C1CCC1. The summed E-state index contributed by atoms with van der Waals surface area (Å²) in [5.74, 6) is -0.273. The number of hydrogen-bond acceptors (Lipinski definition) is 6. The number of fused-ring (bicyclic) bond motifs is 1. The van der Waals surface area contributed by atoms with Crippen LogP contribution < -0.4 is 5.32 Å². The monoisotopic (exact) mass is 594 g/mol. The van der Waals surface area contributed by atoms with Crippen LogP contribution in [-0.4, -0.2) is 61.7 Å². The second kappa shape index (κ2) is 12.7. The highest BCUT2D eigenvalue weighted by atomic mass is 19.4. The first-order chi connectivity index (χ1) is 20.5. The Bertz CT molecular complexity index is 1580. The van der Waals surface area contributed by atoms with E-state index >= 15 is 0 Å². The molecule has 43 heavy (non-hydrogen) atoms. The Morgan fingerprint density at radius 2 is 1.88 bits per heavy atom. The molecule has 5 rings (SSSR count). The number of rotatable bonds is 12. The fourth-order valence-corrected chi connectivity index (χ4v) is 5.56. The standard InChI is InChI=1S/C32H37F3N6O2/c1-4-40(3)17-7-12-25(22-9-6-10-22)36-27-26-28(38-29(37-27)31(42)43)39-30(23-11-5-8-20(2)18-23)41(26)19-21-13-15-24(16-14-21)32(33,34)35/h5,8,11,13-16,18,22,25H,4,6-7,9-10,12,17,19H2,1-3H3,(H,42,43)(H,36,37,38). The molecular weight excluding hydrogens is 557 g/mol. The summed E-state index contributed by atoms with van der Waals surface area (Å²) < 4.78 is 41.7. The number of aryl methyl sites for hydroxylation is 1. The number of carboxylic acid groups (broad SMARTS) is 1. The first-order valence-electron chi connectivity index (χ1n) is 14.7. The number of halogens is 3. The molecule has 0 spiro atoms. The van der Waals surface area contributed by atoms with Crippen LogP contribution in [0.15, 0.2) is 48.5 Å². The molecule has 0 saturated heterocycles. The van der Waals surface area contributed by atoms with Gasteiger partial charge in [0.2, 0.25) is 5.82 Å². The van der Waals surface area contributed by atoms with E-state index in [0.717, 1.165) is 68.5 Å². The van der Waals surface area contributed by atoms with Crippen molar-refractivity contribution in [2.24, 2.45) is 5.92 Å². The molecule has 1 atom stereocenters. The zero-order chi connectivity index (χ0) is 30.7. The Labute approximate surface area is 249 Å². The van der Waals surface area contributed by atoms with Crippen LogP contribution in [0.1, 0.15) is 66.3 Å². The average molecular weight is 595 g/mol. The maximum atomic E-state index is 13.3. The predicted molar refractivity (Wildman–Crippen MR) is 160 cm³/mol. The first kappa shape index (κ1) is 30.5. The van der Waals surface area contributed by atoms with Gasteiger partial charge in [-0.1, -0.05) is 49.2 Å². The van der Waals surface area contributed by atoms with E-state index in [-0.39, 0.29) is 24.1 Å². The van der Waals surface area contributed by atoms with E-state index < -0.39 is 17.7 Å². The van der Waals surface area contributed by atoms with E-state index in [9.17, 15) is 23.1 Å². The van der Waals surface area contributed by atoms with E-state index in [4.69, 9.17) is 4.98 Å². The van der Waals surface area contributed by atoms with Crippen LogP contribution in [0, 0.1) is 12.8 Å². The Kier molecular flexibility index (Phi) is 9.00. The van der Waals surface area contributed by atoms with Crippen LogP contribution in [0.3, 0.4) is 0 Å². The molecule has 228 valence electrons. The van der Waals surface area contributed by atoms with Crippen molar-refractivity contribution < 1.29 is 23.1 Å².